The maximum Gasteiger partial charge on any atom is 0.248 e. The van der Waals surface area contributed by atoms with Gasteiger partial charge in [0.25, 0.3) is 0 Å². The van der Waals surface area contributed by atoms with Crippen molar-refractivity contribution in [2.45, 2.75) is 19.4 Å². The number of halogens is 2. The lowest BCUT2D eigenvalue weighted by Gasteiger charge is -2.09. The highest BCUT2D eigenvalue weighted by Crippen LogP contribution is 2.30. The van der Waals surface area contributed by atoms with E-state index in [1.807, 2.05) is 0 Å². The van der Waals surface area contributed by atoms with Crippen LogP contribution in [0.1, 0.15) is 23.7 Å². The molecule has 2 aromatic rings. The van der Waals surface area contributed by atoms with Crippen LogP contribution in [0.3, 0.4) is 0 Å². The first-order chi connectivity index (χ1) is 12.2. The SMILES string of the molecule is Cc1nn([C@@H]2CCS(=O)(=O)C2)c(Cl)c1/C=C/C(=O)Nc1ccc(F)cc1. The number of aryl methyl sites for hydroxylation is 1. The smallest absolute Gasteiger partial charge is 0.248 e. The number of benzene rings is 1. The lowest BCUT2D eigenvalue weighted by molar-refractivity contribution is -0.111. The van der Waals surface area contributed by atoms with E-state index in [1.54, 1.807) is 6.92 Å². The van der Waals surface area contributed by atoms with Crippen LogP contribution in [0.25, 0.3) is 6.08 Å². The number of hydrogen-bond donors (Lipinski definition) is 1. The highest BCUT2D eigenvalue weighted by atomic mass is 35.5. The van der Waals surface area contributed by atoms with Crippen molar-refractivity contribution in [2.24, 2.45) is 0 Å². The molecule has 1 fully saturated rings. The number of nitrogens with one attached hydrogen (secondary N) is 1. The molecule has 26 heavy (non-hydrogen) atoms. The van der Waals surface area contributed by atoms with Crippen LogP contribution in [0.5, 0.6) is 0 Å². The molecule has 0 saturated carbocycles. The maximum atomic E-state index is 12.9. The Balaban J connectivity index is 1.74. The molecule has 0 bridgehead atoms. The zero-order valence-electron chi connectivity index (χ0n) is 13.9. The molecule has 138 valence electrons. The van der Waals surface area contributed by atoms with E-state index < -0.39 is 15.7 Å². The first-order valence-corrected chi connectivity index (χ1v) is 10.1. The minimum absolute atomic E-state index is 0.0159. The Morgan fingerprint density at radius 2 is 2.08 bits per heavy atom. The zero-order valence-corrected chi connectivity index (χ0v) is 15.5. The predicted molar refractivity (Wildman–Crippen MR) is 98.3 cm³/mol. The number of rotatable bonds is 4. The van der Waals surface area contributed by atoms with E-state index in [0.29, 0.717) is 28.5 Å². The lowest BCUT2D eigenvalue weighted by atomic mass is 10.2. The fraction of sp³-hybridized carbons (Fsp3) is 0.294. The van der Waals surface area contributed by atoms with Crippen molar-refractivity contribution in [1.82, 2.24) is 9.78 Å². The molecule has 0 aliphatic carbocycles. The van der Waals surface area contributed by atoms with Crippen molar-refractivity contribution in [3.63, 3.8) is 0 Å². The highest BCUT2D eigenvalue weighted by Gasteiger charge is 2.31. The first kappa shape index (κ1) is 18.6. The van der Waals surface area contributed by atoms with Crippen molar-refractivity contribution < 1.29 is 17.6 Å². The number of sulfone groups is 1. The van der Waals surface area contributed by atoms with Crippen LogP contribution in [0, 0.1) is 12.7 Å². The molecule has 1 aromatic heterocycles. The number of carbonyl (C=O) groups is 1. The third kappa shape index (κ3) is 4.13. The summed E-state index contributed by atoms with van der Waals surface area (Å²) >= 11 is 6.34. The van der Waals surface area contributed by atoms with Crippen LogP contribution >= 0.6 is 11.6 Å². The normalized spacial score (nSPS) is 19.1. The minimum atomic E-state index is -3.06. The second kappa shape index (κ2) is 7.20. The van der Waals surface area contributed by atoms with Crippen LogP contribution in [0.4, 0.5) is 10.1 Å². The van der Waals surface area contributed by atoms with Gasteiger partial charge in [0.15, 0.2) is 9.84 Å². The summed E-state index contributed by atoms with van der Waals surface area (Å²) in [7, 11) is -3.06. The van der Waals surface area contributed by atoms with E-state index in [4.69, 9.17) is 11.6 Å². The minimum Gasteiger partial charge on any atom is -0.323 e. The number of hydrogen-bond acceptors (Lipinski definition) is 4. The Labute approximate surface area is 155 Å². The quantitative estimate of drug-likeness (QED) is 0.804. The molecule has 0 unspecified atom stereocenters. The molecule has 1 aliphatic heterocycles. The topological polar surface area (TPSA) is 81.1 Å². The van der Waals surface area contributed by atoms with Crippen molar-refractivity contribution in [3.8, 4) is 0 Å². The summed E-state index contributed by atoms with van der Waals surface area (Å²) in [6, 6.07) is 5.12. The zero-order chi connectivity index (χ0) is 18.9. The predicted octanol–water partition coefficient (Wildman–Crippen LogP) is 3.00. The van der Waals surface area contributed by atoms with Gasteiger partial charge in [-0.3, -0.25) is 4.79 Å². The van der Waals surface area contributed by atoms with Gasteiger partial charge >= 0.3 is 0 Å². The molecule has 0 spiro atoms. The Kier molecular flexibility index (Phi) is 5.15. The summed E-state index contributed by atoms with van der Waals surface area (Å²) < 4.78 is 37.7. The number of nitrogens with zero attached hydrogens (tertiary/aromatic N) is 2. The van der Waals surface area contributed by atoms with Gasteiger partial charge in [-0.2, -0.15) is 5.10 Å². The fourth-order valence-electron chi connectivity index (χ4n) is 2.81. The molecule has 1 N–H and O–H groups in total. The van der Waals surface area contributed by atoms with Crippen LogP contribution in [-0.2, 0) is 14.6 Å². The first-order valence-electron chi connectivity index (χ1n) is 7.95. The van der Waals surface area contributed by atoms with Gasteiger partial charge in [-0.1, -0.05) is 11.6 Å². The highest BCUT2D eigenvalue weighted by molar-refractivity contribution is 7.91. The standard InChI is InChI=1S/C17H17ClFN3O3S/c1-11-15(6-7-16(23)20-13-4-2-12(19)3-5-13)17(18)22(21-11)14-8-9-26(24,25)10-14/h2-7,14H,8-10H2,1H3,(H,20,23)/b7-6+/t14-/m1/s1. The van der Waals surface area contributed by atoms with Crippen molar-refractivity contribution in [3.05, 3.63) is 52.6 Å². The molecule has 3 rings (SSSR count). The molecule has 0 radical (unpaired) electrons. The molecule has 1 saturated heterocycles. The summed E-state index contributed by atoms with van der Waals surface area (Å²) in [6.45, 7) is 1.74. The van der Waals surface area contributed by atoms with Crippen LogP contribution in [-0.4, -0.2) is 35.6 Å². The number of aromatic nitrogens is 2. The Hall–Kier alpha value is -2.19. The van der Waals surface area contributed by atoms with Gasteiger partial charge in [-0.15, -0.1) is 0 Å². The average Bonchev–Trinajstić information content (AvgIpc) is 3.07. The fourth-order valence-corrected chi connectivity index (χ4v) is 4.88. The van der Waals surface area contributed by atoms with E-state index in [-0.39, 0.29) is 23.4 Å². The van der Waals surface area contributed by atoms with Gasteiger partial charge < -0.3 is 5.32 Å². The van der Waals surface area contributed by atoms with Crippen molar-refractivity contribution in [1.29, 1.82) is 0 Å². The molecule has 1 aromatic carbocycles. The molecule has 2 heterocycles. The van der Waals surface area contributed by atoms with E-state index in [1.165, 1.54) is 41.1 Å². The molecule has 1 amide bonds. The molecule has 6 nitrogen and oxygen atoms in total. The average molecular weight is 398 g/mol. The van der Waals surface area contributed by atoms with Crippen LogP contribution in [0.15, 0.2) is 30.3 Å². The monoisotopic (exact) mass is 397 g/mol. The summed E-state index contributed by atoms with van der Waals surface area (Å²) in [4.78, 5) is 12.0. The van der Waals surface area contributed by atoms with Crippen molar-refractivity contribution in [2.75, 3.05) is 16.8 Å². The van der Waals surface area contributed by atoms with Crippen LogP contribution < -0.4 is 5.32 Å². The van der Waals surface area contributed by atoms with Gasteiger partial charge in [0.05, 0.1) is 23.2 Å². The Bertz CT molecular complexity index is 968. The largest absolute Gasteiger partial charge is 0.323 e. The summed E-state index contributed by atoms with van der Waals surface area (Å²) in [5.41, 5.74) is 1.63. The lowest BCUT2D eigenvalue weighted by Crippen LogP contribution is -2.12. The maximum absolute atomic E-state index is 12.9. The molecule has 1 atom stereocenters. The summed E-state index contributed by atoms with van der Waals surface area (Å²) in [5.74, 6) is -0.647. The third-order valence-electron chi connectivity index (χ3n) is 4.14. The second-order valence-corrected chi connectivity index (χ2v) is 8.71. The Morgan fingerprint density at radius 3 is 2.69 bits per heavy atom. The second-order valence-electron chi connectivity index (χ2n) is 6.12. The third-order valence-corrected chi connectivity index (χ3v) is 6.27. The number of carbonyl (C=O) groups excluding carboxylic acids is 1. The van der Waals surface area contributed by atoms with E-state index >= 15 is 0 Å². The molecule has 1 aliphatic rings. The van der Waals surface area contributed by atoms with E-state index in [0.717, 1.165) is 0 Å². The summed E-state index contributed by atoms with van der Waals surface area (Å²) in [6.07, 6.45) is 3.30. The van der Waals surface area contributed by atoms with Gasteiger partial charge in [0, 0.05) is 17.3 Å². The van der Waals surface area contributed by atoms with Gasteiger partial charge in [-0.25, -0.2) is 17.5 Å². The van der Waals surface area contributed by atoms with E-state index in [2.05, 4.69) is 10.4 Å². The van der Waals surface area contributed by atoms with Gasteiger partial charge in [-0.05, 0) is 43.7 Å². The van der Waals surface area contributed by atoms with E-state index in [9.17, 15) is 17.6 Å². The summed E-state index contributed by atoms with van der Waals surface area (Å²) in [5, 5.41) is 7.24. The van der Waals surface area contributed by atoms with Crippen LogP contribution in [0.2, 0.25) is 5.15 Å². The number of amides is 1. The van der Waals surface area contributed by atoms with Gasteiger partial charge in [0.2, 0.25) is 5.91 Å². The van der Waals surface area contributed by atoms with Gasteiger partial charge in [0.1, 0.15) is 11.0 Å². The number of anilines is 1. The van der Waals surface area contributed by atoms with Crippen molar-refractivity contribution >= 4 is 39.1 Å². The Morgan fingerprint density at radius 1 is 1.38 bits per heavy atom. The molecule has 9 heteroatoms. The molecular formula is C17H17ClFN3O3S. The molecular weight excluding hydrogens is 381 g/mol.